The Morgan fingerprint density at radius 1 is 1.12 bits per heavy atom. The number of aromatic nitrogens is 6. The normalized spacial score (nSPS) is 14.7. The van der Waals surface area contributed by atoms with E-state index in [0.29, 0.717) is 10.4 Å². The molecular weight excluding hydrogens is 351 g/mol. The van der Waals surface area contributed by atoms with Gasteiger partial charge < -0.3 is 5.32 Å². The molecule has 1 saturated carbocycles. The van der Waals surface area contributed by atoms with E-state index in [9.17, 15) is 18.0 Å². The van der Waals surface area contributed by atoms with Crippen molar-refractivity contribution in [2.45, 2.75) is 31.5 Å². The predicted molar refractivity (Wildman–Crippen MR) is 84.7 cm³/mol. The Kier molecular flexibility index (Phi) is 3.85. The molecule has 1 N–H and O–H groups in total. The molecule has 1 fully saturated rings. The highest BCUT2D eigenvalue weighted by molar-refractivity contribution is 5.44. The Morgan fingerprint density at radius 2 is 1.92 bits per heavy atom. The van der Waals surface area contributed by atoms with Gasteiger partial charge in [-0.15, -0.1) is 15.3 Å². The molecular formula is C15H14F3N7O. The number of fused-ring (bicyclic) bond motifs is 1. The van der Waals surface area contributed by atoms with E-state index < -0.39 is 12.0 Å². The monoisotopic (exact) mass is 365 g/mol. The summed E-state index contributed by atoms with van der Waals surface area (Å²) in [5.41, 5.74) is 0.666. The first kappa shape index (κ1) is 16.5. The van der Waals surface area contributed by atoms with E-state index in [1.165, 1.54) is 22.9 Å². The first-order valence-corrected chi connectivity index (χ1v) is 8.03. The molecule has 136 valence electrons. The molecule has 1 aliphatic rings. The van der Waals surface area contributed by atoms with Crippen LogP contribution in [0.5, 0.6) is 0 Å². The molecule has 1 aliphatic carbocycles. The number of halogens is 3. The minimum absolute atomic E-state index is 0.00195. The maximum absolute atomic E-state index is 12.9. The van der Waals surface area contributed by atoms with E-state index in [-0.39, 0.29) is 30.1 Å². The number of rotatable bonds is 5. The first-order valence-electron chi connectivity index (χ1n) is 8.03. The van der Waals surface area contributed by atoms with Crippen LogP contribution in [0.2, 0.25) is 0 Å². The van der Waals surface area contributed by atoms with Crippen LogP contribution in [-0.2, 0) is 12.7 Å². The molecule has 0 spiro atoms. The lowest BCUT2D eigenvalue weighted by Gasteiger charge is -2.09. The highest BCUT2D eigenvalue weighted by Crippen LogP contribution is 2.38. The summed E-state index contributed by atoms with van der Waals surface area (Å²) in [7, 11) is 0. The standard InChI is InChI=1S/C15H14F3N7O/c16-15(17,18)14-21-20-12-5-4-11(23-25(12)14)19-7-8-24-13(26)6-3-10(22-24)9-1-2-9/h3-6,9H,1-2,7-8H2,(H,19,23). The predicted octanol–water partition coefficient (Wildman–Crippen LogP) is 1.69. The molecule has 3 heterocycles. The van der Waals surface area contributed by atoms with E-state index in [0.717, 1.165) is 18.5 Å². The zero-order valence-corrected chi connectivity index (χ0v) is 13.4. The quantitative estimate of drug-likeness (QED) is 0.740. The van der Waals surface area contributed by atoms with E-state index >= 15 is 0 Å². The maximum Gasteiger partial charge on any atom is 0.453 e. The molecule has 11 heteroatoms. The number of anilines is 1. The van der Waals surface area contributed by atoms with Crippen molar-refractivity contribution in [3.8, 4) is 0 Å². The summed E-state index contributed by atoms with van der Waals surface area (Å²) in [5, 5.41) is 17.6. The second kappa shape index (κ2) is 6.07. The van der Waals surface area contributed by atoms with E-state index in [1.807, 2.05) is 0 Å². The molecule has 0 saturated heterocycles. The van der Waals surface area contributed by atoms with Crippen molar-refractivity contribution in [2.24, 2.45) is 0 Å². The van der Waals surface area contributed by atoms with Gasteiger partial charge in [-0.3, -0.25) is 4.79 Å². The lowest BCUT2D eigenvalue weighted by Crippen LogP contribution is -2.26. The van der Waals surface area contributed by atoms with Gasteiger partial charge in [-0.05, 0) is 31.0 Å². The third-order valence-electron chi connectivity index (χ3n) is 4.03. The van der Waals surface area contributed by atoms with Crippen molar-refractivity contribution in [2.75, 3.05) is 11.9 Å². The minimum atomic E-state index is -4.65. The van der Waals surface area contributed by atoms with Crippen LogP contribution in [0.25, 0.3) is 5.65 Å². The average Bonchev–Trinajstić information content (AvgIpc) is 3.34. The Bertz CT molecular complexity index is 1010. The van der Waals surface area contributed by atoms with Gasteiger partial charge in [0.15, 0.2) is 5.65 Å². The Morgan fingerprint density at radius 3 is 2.65 bits per heavy atom. The molecule has 3 aromatic heterocycles. The number of alkyl halides is 3. The van der Waals surface area contributed by atoms with Crippen LogP contribution in [0.15, 0.2) is 29.1 Å². The number of nitrogens with zero attached hydrogens (tertiary/aromatic N) is 6. The van der Waals surface area contributed by atoms with Crippen molar-refractivity contribution in [1.82, 2.24) is 29.6 Å². The van der Waals surface area contributed by atoms with Crippen molar-refractivity contribution in [3.05, 3.63) is 46.1 Å². The fraction of sp³-hybridized carbons (Fsp3) is 0.400. The van der Waals surface area contributed by atoms with Crippen molar-refractivity contribution < 1.29 is 13.2 Å². The number of hydrogen-bond donors (Lipinski definition) is 1. The van der Waals surface area contributed by atoms with Gasteiger partial charge in [0.1, 0.15) is 5.82 Å². The molecule has 0 atom stereocenters. The molecule has 3 aromatic rings. The van der Waals surface area contributed by atoms with Gasteiger partial charge in [0.2, 0.25) is 0 Å². The summed E-state index contributed by atoms with van der Waals surface area (Å²) in [6.07, 6.45) is -2.49. The average molecular weight is 365 g/mol. The van der Waals surface area contributed by atoms with Crippen LogP contribution >= 0.6 is 0 Å². The third-order valence-corrected chi connectivity index (χ3v) is 4.03. The summed E-state index contributed by atoms with van der Waals surface area (Å²) in [4.78, 5) is 11.9. The fourth-order valence-corrected chi connectivity index (χ4v) is 2.57. The summed E-state index contributed by atoms with van der Waals surface area (Å²) in [6, 6.07) is 6.11. The Hall–Kier alpha value is -2.98. The first-order chi connectivity index (χ1) is 12.4. The SMILES string of the molecule is O=c1ccc(C2CC2)nn1CCNc1ccc2nnc(C(F)(F)F)n2n1. The molecule has 8 nitrogen and oxygen atoms in total. The fourth-order valence-electron chi connectivity index (χ4n) is 2.57. The van der Waals surface area contributed by atoms with Gasteiger partial charge >= 0.3 is 6.18 Å². The number of hydrogen-bond acceptors (Lipinski definition) is 6. The zero-order chi connectivity index (χ0) is 18.3. The van der Waals surface area contributed by atoms with E-state index in [1.54, 1.807) is 6.07 Å². The lowest BCUT2D eigenvalue weighted by atomic mass is 10.3. The van der Waals surface area contributed by atoms with Gasteiger partial charge in [-0.25, -0.2) is 4.68 Å². The molecule has 0 aromatic carbocycles. The van der Waals surface area contributed by atoms with Gasteiger partial charge in [-0.2, -0.15) is 22.8 Å². The van der Waals surface area contributed by atoms with Crippen LogP contribution in [0.3, 0.4) is 0 Å². The van der Waals surface area contributed by atoms with E-state index in [2.05, 4.69) is 25.7 Å². The summed E-state index contributed by atoms with van der Waals surface area (Å²) < 4.78 is 40.6. The Labute approximate surface area is 144 Å². The largest absolute Gasteiger partial charge is 0.453 e. The smallest absolute Gasteiger partial charge is 0.367 e. The van der Waals surface area contributed by atoms with Gasteiger partial charge in [0, 0.05) is 18.5 Å². The van der Waals surface area contributed by atoms with Gasteiger partial charge in [-0.1, -0.05) is 0 Å². The lowest BCUT2D eigenvalue weighted by molar-refractivity contribution is -0.146. The van der Waals surface area contributed by atoms with Crippen molar-refractivity contribution in [1.29, 1.82) is 0 Å². The second-order valence-electron chi connectivity index (χ2n) is 6.03. The maximum atomic E-state index is 12.9. The third kappa shape index (κ3) is 3.24. The topological polar surface area (TPSA) is 90.0 Å². The molecule has 4 rings (SSSR count). The molecule has 0 radical (unpaired) electrons. The molecule has 0 amide bonds. The summed E-state index contributed by atoms with van der Waals surface area (Å²) >= 11 is 0. The minimum Gasteiger partial charge on any atom is -0.367 e. The molecule has 26 heavy (non-hydrogen) atoms. The van der Waals surface area contributed by atoms with E-state index in [4.69, 9.17) is 0 Å². The second-order valence-corrected chi connectivity index (χ2v) is 6.03. The zero-order valence-electron chi connectivity index (χ0n) is 13.4. The van der Waals surface area contributed by atoms with Crippen LogP contribution in [-0.4, -0.2) is 36.1 Å². The van der Waals surface area contributed by atoms with Gasteiger partial charge in [0.05, 0.1) is 12.2 Å². The molecule has 0 aliphatic heterocycles. The highest BCUT2D eigenvalue weighted by atomic mass is 19.4. The number of nitrogens with one attached hydrogen (secondary N) is 1. The van der Waals surface area contributed by atoms with Crippen molar-refractivity contribution in [3.63, 3.8) is 0 Å². The van der Waals surface area contributed by atoms with Crippen LogP contribution in [0, 0.1) is 0 Å². The highest BCUT2D eigenvalue weighted by Gasteiger charge is 2.37. The van der Waals surface area contributed by atoms with Crippen LogP contribution < -0.4 is 10.9 Å². The summed E-state index contributed by atoms with van der Waals surface area (Å²) in [6.45, 7) is 0.552. The van der Waals surface area contributed by atoms with Crippen LogP contribution in [0.4, 0.5) is 19.0 Å². The molecule has 0 unspecified atom stereocenters. The van der Waals surface area contributed by atoms with Crippen molar-refractivity contribution >= 4 is 11.5 Å². The van der Waals surface area contributed by atoms with Crippen LogP contribution in [0.1, 0.15) is 30.3 Å². The Balaban J connectivity index is 1.48. The molecule has 0 bridgehead atoms. The van der Waals surface area contributed by atoms with Gasteiger partial charge in [0.25, 0.3) is 11.4 Å². The summed E-state index contributed by atoms with van der Waals surface area (Å²) in [5.74, 6) is -0.547.